The minimum absolute atomic E-state index is 0.0229. The molecule has 6 rings (SSSR count). The molecule has 0 spiro atoms. The van der Waals surface area contributed by atoms with Gasteiger partial charge >= 0.3 is 0 Å². The Labute approximate surface area is 188 Å². The quantitative estimate of drug-likeness (QED) is 0.480. The van der Waals surface area contributed by atoms with Crippen molar-refractivity contribution in [3.8, 4) is 11.3 Å². The Morgan fingerprint density at radius 2 is 1.91 bits per heavy atom. The second-order valence-electron chi connectivity index (χ2n) is 9.46. The van der Waals surface area contributed by atoms with Gasteiger partial charge in [0, 0.05) is 16.9 Å². The van der Waals surface area contributed by atoms with Crippen LogP contribution in [0.4, 0.5) is 5.69 Å². The maximum Gasteiger partial charge on any atom is 0.293 e. The van der Waals surface area contributed by atoms with Gasteiger partial charge in [-0.05, 0) is 56.2 Å². The van der Waals surface area contributed by atoms with Crippen LogP contribution in [-0.2, 0) is 15.1 Å². The van der Waals surface area contributed by atoms with Crippen molar-refractivity contribution in [2.45, 2.75) is 50.5 Å². The third-order valence-corrected chi connectivity index (χ3v) is 7.49. The van der Waals surface area contributed by atoms with Crippen LogP contribution in [0.1, 0.15) is 50.5 Å². The highest BCUT2D eigenvalue weighted by Crippen LogP contribution is 2.53. The Morgan fingerprint density at radius 3 is 2.44 bits per heavy atom. The molecule has 1 aromatic heterocycles. The maximum atomic E-state index is 9.71. The van der Waals surface area contributed by atoms with Crippen LogP contribution in [0, 0.1) is 16.7 Å². The van der Waals surface area contributed by atoms with Crippen LogP contribution in [-0.4, -0.2) is 35.2 Å². The van der Waals surface area contributed by atoms with Crippen molar-refractivity contribution in [1.82, 2.24) is 4.98 Å². The lowest BCUT2D eigenvalue weighted by atomic mass is 9.64. The second kappa shape index (κ2) is 8.30. The topological polar surface area (TPSA) is 114 Å². The first-order valence-corrected chi connectivity index (χ1v) is 11.4. The molecule has 7 heteroatoms. The predicted octanol–water partition coefficient (Wildman–Crippen LogP) is 4.27. The molecule has 4 fully saturated rings. The molecule has 168 valence electrons. The third kappa shape index (κ3) is 3.91. The molecule has 2 saturated carbocycles. The van der Waals surface area contributed by atoms with Crippen molar-refractivity contribution in [3.63, 3.8) is 0 Å². The first-order chi connectivity index (χ1) is 15.5. The molecule has 1 aromatic carbocycles. The number of aliphatic hydroxyl groups excluding tert-OH is 1. The van der Waals surface area contributed by atoms with E-state index in [4.69, 9.17) is 20.6 Å². The number of aliphatic hydroxyl groups is 1. The van der Waals surface area contributed by atoms with Crippen molar-refractivity contribution < 1.29 is 14.6 Å². The molecule has 3 heterocycles. The number of hydrogen-bond donors (Lipinski definition) is 3. The summed E-state index contributed by atoms with van der Waals surface area (Å²) >= 11 is 0. The number of pyridine rings is 1. The lowest BCUT2D eigenvalue weighted by Gasteiger charge is -2.52. The van der Waals surface area contributed by atoms with Gasteiger partial charge in [0.25, 0.3) is 6.02 Å². The highest BCUT2D eigenvalue weighted by atomic mass is 16.5. The fourth-order valence-electron chi connectivity index (χ4n) is 4.92. The summed E-state index contributed by atoms with van der Waals surface area (Å²) in [4.78, 5) is 8.74. The van der Waals surface area contributed by atoms with Gasteiger partial charge in [0.2, 0.25) is 0 Å². The van der Waals surface area contributed by atoms with Gasteiger partial charge in [0.15, 0.2) is 5.90 Å². The van der Waals surface area contributed by atoms with E-state index in [2.05, 4.69) is 34.2 Å². The van der Waals surface area contributed by atoms with E-state index in [1.54, 1.807) is 6.20 Å². The molecule has 0 atom stereocenters. The third-order valence-electron chi connectivity index (χ3n) is 7.49. The standard InChI is InChI=1S/C25H30N4O3/c26-22(18-2-1-3-18)32-23(27)29-20-8-9-21(28-14-20)17-4-6-19(7-5-17)25-12-10-24(15-30,11-13-25)16-31-25/h4-9,14,18,26,30H,1-3,10-13,15-16H2,(H2,27,29). The zero-order valence-corrected chi connectivity index (χ0v) is 18.2. The largest absolute Gasteiger partial charge is 0.411 e. The van der Waals surface area contributed by atoms with Crippen LogP contribution in [0.25, 0.3) is 11.3 Å². The minimum atomic E-state index is -0.216. The number of aromatic nitrogens is 1. The van der Waals surface area contributed by atoms with Crippen LogP contribution in [0.5, 0.6) is 0 Å². The van der Waals surface area contributed by atoms with Crippen LogP contribution >= 0.6 is 0 Å². The molecule has 2 aliphatic heterocycles. The summed E-state index contributed by atoms with van der Waals surface area (Å²) in [6.45, 7) is 0.857. The fraction of sp³-hybridized carbons (Fsp3) is 0.480. The van der Waals surface area contributed by atoms with Gasteiger partial charge < -0.3 is 20.3 Å². The average Bonchev–Trinajstić information content (AvgIpc) is 2.79. The molecule has 32 heavy (non-hydrogen) atoms. The van der Waals surface area contributed by atoms with Crippen molar-refractivity contribution in [3.05, 3.63) is 48.2 Å². The Kier molecular flexibility index (Phi) is 5.47. The van der Waals surface area contributed by atoms with E-state index in [1.807, 2.05) is 12.1 Å². The number of ether oxygens (including phenoxy) is 2. The molecule has 2 aliphatic carbocycles. The van der Waals surface area contributed by atoms with E-state index in [0.29, 0.717) is 12.3 Å². The lowest BCUT2D eigenvalue weighted by molar-refractivity contribution is -0.199. The Hall–Kier alpha value is -2.77. The molecule has 2 saturated heterocycles. The fourth-order valence-corrected chi connectivity index (χ4v) is 4.92. The smallest absolute Gasteiger partial charge is 0.293 e. The van der Waals surface area contributed by atoms with E-state index in [1.165, 1.54) is 5.56 Å². The van der Waals surface area contributed by atoms with Crippen LogP contribution in [0.2, 0.25) is 0 Å². The molecule has 2 aromatic rings. The van der Waals surface area contributed by atoms with E-state index >= 15 is 0 Å². The van der Waals surface area contributed by atoms with E-state index < -0.39 is 0 Å². The summed E-state index contributed by atoms with van der Waals surface area (Å²) in [5, 5.41) is 17.6. The summed E-state index contributed by atoms with van der Waals surface area (Å²) in [5.41, 5.74) is 9.26. The van der Waals surface area contributed by atoms with Crippen LogP contribution in [0.15, 0.2) is 47.6 Å². The minimum Gasteiger partial charge on any atom is -0.411 e. The first-order valence-electron chi connectivity index (χ1n) is 11.4. The predicted molar refractivity (Wildman–Crippen MR) is 123 cm³/mol. The highest BCUT2D eigenvalue weighted by Gasteiger charge is 2.50. The maximum absolute atomic E-state index is 9.71. The summed E-state index contributed by atoms with van der Waals surface area (Å²) in [6, 6.07) is 12.2. The molecule has 0 amide bonds. The van der Waals surface area contributed by atoms with E-state index in [0.717, 1.165) is 56.2 Å². The average molecular weight is 435 g/mol. The molecular weight excluding hydrogens is 404 g/mol. The zero-order valence-electron chi connectivity index (χ0n) is 18.2. The number of benzene rings is 1. The van der Waals surface area contributed by atoms with Gasteiger partial charge in [-0.15, -0.1) is 0 Å². The number of amidine groups is 1. The molecule has 0 radical (unpaired) electrons. The molecule has 4 aliphatic rings. The number of hydrogen-bond acceptors (Lipinski definition) is 6. The molecule has 2 bridgehead atoms. The monoisotopic (exact) mass is 434 g/mol. The Bertz CT molecular complexity index is 988. The second-order valence-corrected chi connectivity index (χ2v) is 9.46. The summed E-state index contributed by atoms with van der Waals surface area (Å²) < 4.78 is 11.6. The van der Waals surface area contributed by atoms with E-state index in [9.17, 15) is 5.11 Å². The summed E-state index contributed by atoms with van der Waals surface area (Å²) in [6.07, 6.45) is 8.71. The summed E-state index contributed by atoms with van der Waals surface area (Å²) in [7, 11) is 0. The molecule has 7 nitrogen and oxygen atoms in total. The van der Waals surface area contributed by atoms with Crippen molar-refractivity contribution >= 4 is 17.6 Å². The van der Waals surface area contributed by atoms with Crippen molar-refractivity contribution in [2.24, 2.45) is 22.1 Å². The number of nitrogens with zero attached hydrogens (tertiary/aromatic N) is 2. The number of rotatable bonds is 5. The SMILES string of the molecule is N=C(OC(N)=Nc1ccc(-c2ccc(C34CCC(CO)(CC3)CO4)cc2)nc1)C1CCC1. The van der Waals surface area contributed by atoms with Gasteiger partial charge in [-0.25, -0.2) is 0 Å². The number of aliphatic imine (C=N–C) groups is 1. The summed E-state index contributed by atoms with van der Waals surface area (Å²) in [5.74, 6) is 0.375. The Morgan fingerprint density at radius 1 is 1.16 bits per heavy atom. The zero-order chi connectivity index (χ0) is 22.2. The van der Waals surface area contributed by atoms with E-state index in [-0.39, 0.29) is 35.5 Å². The lowest BCUT2D eigenvalue weighted by Crippen LogP contribution is -2.50. The number of fused-ring (bicyclic) bond motifs is 3. The highest BCUT2D eigenvalue weighted by molar-refractivity contribution is 5.90. The van der Waals surface area contributed by atoms with Gasteiger partial charge in [-0.1, -0.05) is 30.7 Å². The Balaban J connectivity index is 1.25. The molecule has 0 unspecified atom stereocenters. The van der Waals surface area contributed by atoms with Crippen LogP contribution in [0.3, 0.4) is 0 Å². The van der Waals surface area contributed by atoms with Gasteiger partial charge in [0.1, 0.15) is 0 Å². The normalized spacial score (nSPS) is 27.7. The first kappa shape index (κ1) is 21.1. The van der Waals surface area contributed by atoms with Gasteiger partial charge in [0.05, 0.1) is 36.4 Å². The number of nitrogens with two attached hydrogens (primary N) is 1. The van der Waals surface area contributed by atoms with Gasteiger partial charge in [-0.2, -0.15) is 4.99 Å². The molecule has 4 N–H and O–H groups in total. The number of nitrogens with one attached hydrogen (secondary N) is 1. The molecular formula is C25H30N4O3. The van der Waals surface area contributed by atoms with Crippen molar-refractivity contribution in [1.29, 1.82) is 5.41 Å². The van der Waals surface area contributed by atoms with Gasteiger partial charge in [-0.3, -0.25) is 10.4 Å². The van der Waals surface area contributed by atoms with Crippen LogP contribution < -0.4 is 5.73 Å². The van der Waals surface area contributed by atoms with Crippen molar-refractivity contribution in [2.75, 3.05) is 13.2 Å².